The highest BCUT2D eigenvalue weighted by Crippen LogP contribution is 2.36. The number of nitrogens with one attached hydrogen (secondary N) is 3. The first kappa shape index (κ1) is 33.1. The standard InChI is InChI=1S/C24H32I3N3O9/c1-10(31)28-20-18(26)15(21(34)29-11-6-36-23(2,3)38-8-13(11)32)17(25)16(19(20)27)22(35)30-12-7-37-24(4,5)39-9-14(12)33/h11-14,32-33H,6-9H2,1-5H3,(H,28,31)(H,29,34)(H,30,35). The first-order valence-electron chi connectivity index (χ1n) is 12.0. The molecule has 0 aromatic heterocycles. The fourth-order valence-electron chi connectivity index (χ4n) is 3.80. The minimum atomic E-state index is -1.03. The molecule has 12 nitrogen and oxygen atoms in total. The Balaban J connectivity index is 1.98. The van der Waals surface area contributed by atoms with E-state index in [2.05, 4.69) is 16.0 Å². The number of aliphatic hydroxyl groups is 2. The molecule has 3 amide bonds. The van der Waals surface area contributed by atoms with Gasteiger partial charge in [0.1, 0.15) is 0 Å². The van der Waals surface area contributed by atoms with E-state index in [9.17, 15) is 24.6 Å². The zero-order chi connectivity index (χ0) is 29.3. The van der Waals surface area contributed by atoms with Crippen LogP contribution in [0.15, 0.2) is 0 Å². The van der Waals surface area contributed by atoms with Gasteiger partial charge >= 0.3 is 0 Å². The van der Waals surface area contributed by atoms with Gasteiger partial charge in [0, 0.05) is 10.5 Å². The van der Waals surface area contributed by atoms with Crippen LogP contribution in [0.1, 0.15) is 55.3 Å². The van der Waals surface area contributed by atoms with Crippen LogP contribution < -0.4 is 16.0 Å². The van der Waals surface area contributed by atoms with Crippen LogP contribution in [0, 0.1) is 10.7 Å². The van der Waals surface area contributed by atoms with E-state index in [1.54, 1.807) is 27.7 Å². The second kappa shape index (κ2) is 13.3. The summed E-state index contributed by atoms with van der Waals surface area (Å²) in [6.07, 6.45) is -2.06. The van der Waals surface area contributed by atoms with Crippen molar-refractivity contribution in [3.8, 4) is 0 Å². The topological polar surface area (TPSA) is 165 Å². The zero-order valence-electron chi connectivity index (χ0n) is 22.0. The van der Waals surface area contributed by atoms with E-state index < -0.39 is 47.7 Å². The van der Waals surface area contributed by atoms with Crippen molar-refractivity contribution in [3.05, 3.63) is 21.8 Å². The van der Waals surface area contributed by atoms with Gasteiger partial charge in [0.15, 0.2) is 11.6 Å². The number of carbonyl (C=O) groups excluding carboxylic acids is 3. The number of rotatable bonds is 5. The maximum Gasteiger partial charge on any atom is 0.253 e. The van der Waals surface area contributed by atoms with E-state index >= 15 is 0 Å². The van der Waals surface area contributed by atoms with Crippen molar-refractivity contribution in [1.82, 2.24) is 10.6 Å². The molecule has 0 saturated carbocycles. The summed E-state index contributed by atoms with van der Waals surface area (Å²) >= 11 is 5.82. The molecule has 15 heteroatoms. The van der Waals surface area contributed by atoms with Gasteiger partial charge in [0.25, 0.3) is 11.8 Å². The zero-order valence-corrected chi connectivity index (χ0v) is 28.5. The van der Waals surface area contributed by atoms with Crippen molar-refractivity contribution in [2.45, 2.75) is 70.5 Å². The number of aliphatic hydroxyl groups excluding tert-OH is 2. The number of benzene rings is 1. The molecule has 1 aromatic carbocycles. The molecule has 0 bridgehead atoms. The molecule has 218 valence electrons. The molecule has 0 aliphatic carbocycles. The fraction of sp³-hybridized carbons (Fsp3) is 0.625. The monoisotopic (exact) mass is 887 g/mol. The SMILES string of the molecule is CC(=O)Nc1c(I)c(C(=O)NC2COC(C)(C)OCC2O)c(I)c(C(=O)NC2COC(C)(C)OCC2O)c1I. The molecule has 2 fully saturated rings. The van der Waals surface area contributed by atoms with Gasteiger partial charge in [-0.25, -0.2) is 0 Å². The van der Waals surface area contributed by atoms with E-state index in [1.165, 1.54) is 6.92 Å². The summed E-state index contributed by atoms with van der Waals surface area (Å²) in [5, 5.41) is 29.4. The molecule has 0 spiro atoms. The summed E-state index contributed by atoms with van der Waals surface area (Å²) in [6.45, 7) is 8.08. The second-order valence-electron chi connectivity index (χ2n) is 10.1. The van der Waals surface area contributed by atoms with Crippen LogP contribution in [-0.2, 0) is 23.7 Å². The Morgan fingerprint density at radius 2 is 1.08 bits per heavy atom. The van der Waals surface area contributed by atoms with Gasteiger partial charge < -0.3 is 45.1 Å². The Bertz CT molecular complexity index is 1060. The third kappa shape index (κ3) is 8.33. The van der Waals surface area contributed by atoms with E-state index in [-0.39, 0.29) is 43.5 Å². The maximum atomic E-state index is 13.6. The number of amides is 3. The lowest BCUT2D eigenvalue weighted by molar-refractivity contribution is -0.204. The molecule has 5 N–H and O–H groups in total. The summed E-state index contributed by atoms with van der Waals surface area (Å²) in [4.78, 5) is 39.2. The summed E-state index contributed by atoms with van der Waals surface area (Å²) in [5.74, 6) is -3.38. The van der Waals surface area contributed by atoms with Crippen molar-refractivity contribution < 1.29 is 43.5 Å². The van der Waals surface area contributed by atoms with Crippen LogP contribution in [-0.4, -0.2) is 90.2 Å². The largest absolute Gasteiger partial charge is 0.388 e. The van der Waals surface area contributed by atoms with E-state index in [0.717, 1.165) is 0 Å². The average Bonchev–Trinajstić information content (AvgIpc) is 3.04. The van der Waals surface area contributed by atoms with Crippen molar-refractivity contribution in [3.63, 3.8) is 0 Å². The van der Waals surface area contributed by atoms with Gasteiger partial charge in [-0.1, -0.05) is 0 Å². The van der Waals surface area contributed by atoms with Crippen LogP contribution in [0.5, 0.6) is 0 Å². The first-order chi connectivity index (χ1) is 18.0. The van der Waals surface area contributed by atoms with Crippen LogP contribution in [0.25, 0.3) is 0 Å². The van der Waals surface area contributed by atoms with E-state index in [0.29, 0.717) is 16.4 Å². The molecule has 2 aliphatic heterocycles. The van der Waals surface area contributed by atoms with E-state index in [1.807, 2.05) is 67.8 Å². The number of hydrogen-bond donors (Lipinski definition) is 5. The maximum absolute atomic E-state index is 13.6. The quantitative estimate of drug-likeness (QED) is 0.278. The lowest BCUT2D eigenvalue weighted by Gasteiger charge is -2.25. The molecule has 1 aromatic rings. The van der Waals surface area contributed by atoms with Crippen molar-refractivity contribution >= 4 is 91.2 Å². The molecule has 2 aliphatic rings. The molecule has 3 rings (SSSR count). The summed E-state index contributed by atoms with van der Waals surface area (Å²) in [7, 11) is 0. The Morgan fingerprint density at radius 1 is 0.718 bits per heavy atom. The van der Waals surface area contributed by atoms with Gasteiger partial charge in [-0.15, -0.1) is 0 Å². The summed E-state index contributed by atoms with van der Waals surface area (Å²) < 4.78 is 23.6. The van der Waals surface area contributed by atoms with Crippen LogP contribution >= 0.6 is 67.8 Å². The number of carbonyl (C=O) groups is 3. The third-order valence-electron chi connectivity index (χ3n) is 6.06. The highest BCUT2D eigenvalue weighted by molar-refractivity contribution is 14.1. The van der Waals surface area contributed by atoms with Crippen molar-refractivity contribution in [2.24, 2.45) is 0 Å². The Kier molecular flexibility index (Phi) is 11.2. The molecule has 0 radical (unpaired) electrons. The summed E-state index contributed by atoms with van der Waals surface area (Å²) in [5.41, 5.74) is 0.581. The normalized spacial score (nSPS) is 26.6. The van der Waals surface area contributed by atoms with Crippen molar-refractivity contribution in [2.75, 3.05) is 31.7 Å². The minimum Gasteiger partial charge on any atom is -0.388 e. The number of halogens is 3. The fourth-order valence-corrected chi connectivity index (χ4v) is 8.21. The highest BCUT2D eigenvalue weighted by Gasteiger charge is 2.36. The number of anilines is 1. The molecular weight excluding hydrogens is 855 g/mol. The molecule has 39 heavy (non-hydrogen) atoms. The third-order valence-corrected chi connectivity index (χ3v) is 9.29. The second-order valence-corrected chi connectivity index (χ2v) is 13.3. The number of ether oxygens (including phenoxy) is 4. The Labute approximate surface area is 267 Å². The van der Waals surface area contributed by atoms with Gasteiger partial charge in [-0.05, 0) is 95.5 Å². The molecule has 4 atom stereocenters. The van der Waals surface area contributed by atoms with Crippen LogP contribution in [0.2, 0.25) is 0 Å². The van der Waals surface area contributed by atoms with E-state index in [4.69, 9.17) is 18.9 Å². The Hall–Kier alpha value is -0.420. The first-order valence-corrected chi connectivity index (χ1v) is 15.3. The van der Waals surface area contributed by atoms with Crippen LogP contribution in [0.4, 0.5) is 5.69 Å². The lowest BCUT2D eigenvalue weighted by Crippen LogP contribution is -2.48. The molecule has 4 unspecified atom stereocenters. The van der Waals surface area contributed by atoms with Gasteiger partial charge in [-0.2, -0.15) is 0 Å². The molecular formula is C24H32I3N3O9. The van der Waals surface area contributed by atoms with Gasteiger partial charge in [0.05, 0.1) is 74.7 Å². The van der Waals surface area contributed by atoms with Crippen LogP contribution in [0.3, 0.4) is 0 Å². The van der Waals surface area contributed by atoms with Gasteiger partial charge in [-0.3, -0.25) is 14.4 Å². The lowest BCUT2D eigenvalue weighted by atomic mass is 10.1. The highest BCUT2D eigenvalue weighted by atomic mass is 127. The minimum absolute atomic E-state index is 0.00131. The predicted octanol–water partition coefficient (Wildman–Crippen LogP) is 1.94. The number of hydrogen-bond acceptors (Lipinski definition) is 9. The average molecular weight is 887 g/mol. The molecule has 2 saturated heterocycles. The predicted molar refractivity (Wildman–Crippen MR) is 165 cm³/mol. The molecule has 2 heterocycles. The Morgan fingerprint density at radius 3 is 1.44 bits per heavy atom. The van der Waals surface area contributed by atoms with Crippen molar-refractivity contribution in [1.29, 1.82) is 0 Å². The smallest absolute Gasteiger partial charge is 0.253 e. The summed E-state index contributed by atoms with van der Waals surface area (Å²) in [6, 6.07) is -1.57. The van der Waals surface area contributed by atoms with Gasteiger partial charge in [0.2, 0.25) is 5.91 Å².